The van der Waals surface area contributed by atoms with E-state index in [-0.39, 0.29) is 0 Å². The van der Waals surface area contributed by atoms with E-state index < -0.39 is 0 Å². The second-order valence-electron chi connectivity index (χ2n) is 4.33. The molecule has 0 unspecified atom stereocenters. The highest BCUT2D eigenvalue weighted by atomic mass is 15.1. The van der Waals surface area contributed by atoms with Gasteiger partial charge >= 0.3 is 0 Å². The van der Waals surface area contributed by atoms with Gasteiger partial charge in [0.05, 0.1) is 0 Å². The third kappa shape index (κ3) is 4.88. The summed E-state index contributed by atoms with van der Waals surface area (Å²) in [7, 11) is 0. The molecule has 2 heteroatoms. The van der Waals surface area contributed by atoms with Crippen LogP contribution in [0.4, 0.5) is 0 Å². The molecule has 0 aliphatic heterocycles. The van der Waals surface area contributed by atoms with Gasteiger partial charge in [0.1, 0.15) is 0 Å². The molecule has 0 aliphatic rings. The zero-order chi connectivity index (χ0) is 12.5. The van der Waals surface area contributed by atoms with Crippen molar-refractivity contribution < 1.29 is 0 Å². The van der Waals surface area contributed by atoms with Crippen molar-refractivity contribution in [1.29, 1.82) is 0 Å². The maximum atomic E-state index is 3.39. The van der Waals surface area contributed by atoms with Crippen LogP contribution in [0.25, 0.3) is 0 Å². The van der Waals surface area contributed by atoms with Crippen molar-refractivity contribution in [3.05, 3.63) is 35.4 Å². The van der Waals surface area contributed by atoms with Crippen LogP contribution in [0, 0.1) is 0 Å². The van der Waals surface area contributed by atoms with Crippen LogP contribution in [0.15, 0.2) is 24.3 Å². The summed E-state index contributed by atoms with van der Waals surface area (Å²) in [5, 5.41) is 3.39. The van der Waals surface area contributed by atoms with Crippen molar-refractivity contribution in [3.8, 4) is 0 Å². The van der Waals surface area contributed by atoms with E-state index in [4.69, 9.17) is 0 Å². The average Bonchev–Trinajstić information content (AvgIpc) is 2.38. The monoisotopic (exact) mass is 234 g/mol. The van der Waals surface area contributed by atoms with E-state index in [0.29, 0.717) is 0 Å². The van der Waals surface area contributed by atoms with E-state index in [9.17, 15) is 0 Å². The maximum absolute atomic E-state index is 3.39. The third-order valence-electron chi connectivity index (χ3n) is 3.23. The first-order valence-corrected chi connectivity index (χ1v) is 6.81. The summed E-state index contributed by atoms with van der Waals surface area (Å²) in [6.07, 6.45) is 1.13. The van der Waals surface area contributed by atoms with Gasteiger partial charge in [-0.15, -0.1) is 0 Å². The van der Waals surface area contributed by atoms with Gasteiger partial charge in [-0.05, 0) is 43.7 Å². The van der Waals surface area contributed by atoms with Gasteiger partial charge < -0.3 is 5.32 Å². The molecule has 0 aliphatic carbocycles. The molecule has 0 aromatic heterocycles. The van der Waals surface area contributed by atoms with Gasteiger partial charge in [0, 0.05) is 6.54 Å². The zero-order valence-corrected chi connectivity index (χ0v) is 11.5. The summed E-state index contributed by atoms with van der Waals surface area (Å²) in [5.41, 5.74) is 2.97. The van der Waals surface area contributed by atoms with Gasteiger partial charge in [-0.1, -0.05) is 45.0 Å². The largest absolute Gasteiger partial charge is 0.317 e. The Morgan fingerprint density at radius 3 is 2.24 bits per heavy atom. The van der Waals surface area contributed by atoms with E-state index in [1.807, 2.05) is 0 Å². The van der Waals surface area contributed by atoms with Crippen LogP contribution in [0.1, 0.15) is 31.9 Å². The molecule has 0 atom stereocenters. The Balaban J connectivity index is 2.63. The zero-order valence-electron chi connectivity index (χ0n) is 11.5. The molecule has 0 bridgehead atoms. The van der Waals surface area contributed by atoms with Crippen molar-refractivity contribution >= 4 is 0 Å². The second kappa shape index (κ2) is 8.26. The van der Waals surface area contributed by atoms with E-state index in [1.54, 1.807) is 0 Å². The minimum atomic E-state index is 1.05. The fraction of sp³-hybridized carbons (Fsp3) is 0.600. The number of likely N-dealkylation sites (N-methyl/N-ethyl adjacent to an activating group) is 1. The van der Waals surface area contributed by atoms with Crippen LogP contribution in [-0.4, -0.2) is 31.1 Å². The van der Waals surface area contributed by atoms with Gasteiger partial charge in [0.25, 0.3) is 0 Å². The smallest absolute Gasteiger partial charge is 0.0236 e. The van der Waals surface area contributed by atoms with Gasteiger partial charge in [-0.2, -0.15) is 0 Å². The Labute approximate surface area is 106 Å². The summed E-state index contributed by atoms with van der Waals surface area (Å²) >= 11 is 0. The van der Waals surface area contributed by atoms with Crippen LogP contribution in [0.5, 0.6) is 0 Å². The number of nitrogens with one attached hydrogen (secondary N) is 1. The molecule has 0 saturated carbocycles. The van der Waals surface area contributed by atoms with E-state index in [0.717, 1.165) is 39.1 Å². The van der Waals surface area contributed by atoms with Crippen molar-refractivity contribution in [2.75, 3.05) is 26.2 Å². The molecule has 0 spiro atoms. The summed E-state index contributed by atoms with van der Waals surface area (Å²) in [6.45, 7) is 12.1. The lowest BCUT2D eigenvalue weighted by Gasteiger charge is -2.20. The molecule has 0 saturated heterocycles. The Hall–Kier alpha value is -0.860. The van der Waals surface area contributed by atoms with E-state index in [1.165, 1.54) is 11.1 Å². The summed E-state index contributed by atoms with van der Waals surface area (Å²) < 4.78 is 0. The normalized spacial score (nSPS) is 11.1. The molecule has 1 N–H and O–H groups in total. The van der Waals surface area contributed by atoms with Crippen molar-refractivity contribution in [1.82, 2.24) is 10.2 Å². The molecular weight excluding hydrogens is 208 g/mol. The predicted octanol–water partition coefficient (Wildman–Crippen LogP) is 2.68. The first-order valence-electron chi connectivity index (χ1n) is 6.81. The summed E-state index contributed by atoms with van der Waals surface area (Å²) in [4.78, 5) is 2.46. The fourth-order valence-corrected chi connectivity index (χ4v) is 2.04. The lowest BCUT2D eigenvalue weighted by molar-refractivity contribution is 0.295. The molecule has 1 aromatic rings. The molecule has 96 valence electrons. The Bertz CT molecular complexity index is 306. The van der Waals surface area contributed by atoms with Crippen LogP contribution in [0.2, 0.25) is 0 Å². The molecule has 17 heavy (non-hydrogen) atoms. The predicted molar refractivity (Wildman–Crippen MR) is 75.3 cm³/mol. The third-order valence-corrected chi connectivity index (χ3v) is 3.23. The highest BCUT2D eigenvalue weighted by molar-refractivity contribution is 5.27. The van der Waals surface area contributed by atoms with Crippen LogP contribution in [0.3, 0.4) is 0 Å². The first-order chi connectivity index (χ1) is 8.31. The minimum Gasteiger partial charge on any atom is -0.317 e. The topological polar surface area (TPSA) is 15.3 Å². The average molecular weight is 234 g/mol. The Morgan fingerprint density at radius 1 is 1.00 bits per heavy atom. The van der Waals surface area contributed by atoms with E-state index in [2.05, 4.69) is 55.3 Å². The maximum Gasteiger partial charge on any atom is 0.0236 e. The molecule has 2 nitrogen and oxygen atoms in total. The quantitative estimate of drug-likeness (QED) is 0.696. The van der Waals surface area contributed by atoms with Crippen LogP contribution >= 0.6 is 0 Å². The standard InChI is InChI=1S/C15H26N2/c1-4-16-12-11-14-9-7-8-10-15(14)13-17(5-2)6-3/h7-10,16H,4-6,11-13H2,1-3H3. The molecular formula is C15H26N2. The lowest BCUT2D eigenvalue weighted by atomic mass is 10.0. The molecule has 0 amide bonds. The highest BCUT2D eigenvalue weighted by Gasteiger charge is 2.05. The molecule has 0 fully saturated rings. The molecule has 0 heterocycles. The summed E-state index contributed by atoms with van der Waals surface area (Å²) in [5.74, 6) is 0. The first kappa shape index (κ1) is 14.2. The highest BCUT2D eigenvalue weighted by Crippen LogP contribution is 2.12. The van der Waals surface area contributed by atoms with Gasteiger partial charge in [-0.3, -0.25) is 4.90 Å². The Morgan fingerprint density at radius 2 is 1.65 bits per heavy atom. The SMILES string of the molecule is CCNCCc1ccccc1CN(CC)CC. The number of nitrogens with zero attached hydrogens (tertiary/aromatic N) is 1. The molecule has 0 radical (unpaired) electrons. The molecule has 1 aromatic carbocycles. The van der Waals surface area contributed by atoms with Crippen molar-refractivity contribution in [3.63, 3.8) is 0 Å². The number of hydrogen-bond donors (Lipinski definition) is 1. The molecule has 1 rings (SSSR count). The second-order valence-corrected chi connectivity index (χ2v) is 4.33. The van der Waals surface area contributed by atoms with Crippen LogP contribution in [-0.2, 0) is 13.0 Å². The van der Waals surface area contributed by atoms with Crippen molar-refractivity contribution in [2.24, 2.45) is 0 Å². The number of rotatable bonds is 8. The van der Waals surface area contributed by atoms with Gasteiger partial charge in [-0.25, -0.2) is 0 Å². The van der Waals surface area contributed by atoms with E-state index >= 15 is 0 Å². The van der Waals surface area contributed by atoms with Crippen LogP contribution < -0.4 is 5.32 Å². The fourth-order valence-electron chi connectivity index (χ4n) is 2.04. The van der Waals surface area contributed by atoms with Gasteiger partial charge in [0.2, 0.25) is 0 Å². The summed E-state index contributed by atoms with van der Waals surface area (Å²) in [6, 6.07) is 8.82. The number of benzene rings is 1. The minimum absolute atomic E-state index is 1.05. The Kier molecular flexibility index (Phi) is 6.90. The number of hydrogen-bond acceptors (Lipinski definition) is 2. The van der Waals surface area contributed by atoms with Crippen molar-refractivity contribution in [2.45, 2.75) is 33.7 Å². The lowest BCUT2D eigenvalue weighted by Crippen LogP contribution is -2.23. The van der Waals surface area contributed by atoms with Gasteiger partial charge in [0.15, 0.2) is 0 Å².